The molecular weight excluding hydrogens is 204 g/mol. The minimum atomic E-state index is -0.260. The molecule has 0 saturated carbocycles. The van der Waals surface area contributed by atoms with Gasteiger partial charge in [0.25, 0.3) is 0 Å². The lowest BCUT2D eigenvalue weighted by Gasteiger charge is -2.10. The van der Waals surface area contributed by atoms with Gasteiger partial charge in [-0.05, 0) is 11.1 Å². The largest absolute Gasteiger partial charge is 0.469 e. The molecule has 0 spiro atoms. The van der Waals surface area contributed by atoms with Crippen LogP contribution in [0.2, 0.25) is 0 Å². The molecule has 0 N–H and O–H groups in total. The van der Waals surface area contributed by atoms with Gasteiger partial charge in [0.1, 0.15) is 6.10 Å². The van der Waals surface area contributed by atoms with E-state index in [-0.39, 0.29) is 24.6 Å². The van der Waals surface area contributed by atoms with E-state index in [2.05, 4.69) is 11.3 Å². The van der Waals surface area contributed by atoms with Gasteiger partial charge in [-0.2, -0.15) is 0 Å². The number of hydrogen-bond donors (Lipinski definition) is 0. The number of fused-ring (bicyclic) bond motifs is 1. The number of rotatable bonds is 3. The Kier molecular flexibility index (Phi) is 3.06. The highest BCUT2D eigenvalue weighted by Gasteiger charge is 2.31. The van der Waals surface area contributed by atoms with Gasteiger partial charge in [0.05, 0.1) is 19.6 Å². The van der Waals surface area contributed by atoms with E-state index in [9.17, 15) is 4.79 Å². The Morgan fingerprint density at radius 2 is 2.19 bits per heavy atom. The van der Waals surface area contributed by atoms with Crippen molar-refractivity contribution < 1.29 is 14.3 Å². The molecule has 1 unspecified atom stereocenters. The fourth-order valence-corrected chi connectivity index (χ4v) is 1.96. The molecule has 0 aromatic heterocycles. The SMILES string of the molecule is C=C[C@H]1OC(CC(=O)OC)c2ccccc21. The van der Waals surface area contributed by atoms with Crippen molar-refractivity contribution in [2.75, 3.05) is 7.11 Å². The van der Waals surface area contributed by atoms with Crippen molar-refractivity contribution >= 4 is 5.97 Å². The van der Waals surface area contributed by atoms with E-state index in [1.165, 1.54) is 7.11 Å². The van der Waals surface area contributed by atoms with Crippen molar-refractivity contribution in [3.63, 3.8) is 0 Å². The summed E-state index contributed by atoms with van der Waals surface area (Å²) in [5.74, 6) is -0.260. The first-order valence-electron chi connectivity index (χ1n) is 5.20. The summed E-state index contributed by atoms with van der Waals surface area (Å²) in [6, 6.07) is 7.88. The average molecular weight is 218 g/mol. The van der Waals surface area contributed by atoms with Gasteiger partial charge in [0.15, 0.2) is 0 Å². The van der Waals surface area contributed by atoms with Crippen LogP contribution in [0, 0.1) is 0 Å². The maximum absolute atomic E-state index is 11.2. The number of ether oxygens (including phenoxy) is 2. The molecule has 0 saturated heterocycles. The Bertz CT molecular complexity index is 411. The molecule has 0 bridgehead atoms. The van der Waals surface area contributed by atoms with Crippen molar-refractivity contribution in [1.29, 1.82) is 0 Å². The normalized spacial score (nSPS) is 22.6. The lowest BCUT2D eigenvalue weighted by atomic mass is 10.0. The second kappa shape index (κ2) is 4.49. The van der Waals surface area contributed by atoms with E-state index in [4.69, 9.17) is 4.74 Å². The summed E-state index contributed by atoms with van der Waals surface area (Å²) in [4.78, 5) is 11.2. The van der Waals surface area contributed by atoms with Crippen LogP contribution < -0.4 is 0 Å². The molecule has 2 rings (SSSR count). The highest BCUT2D eigenvalue weighted by Crippen LogP contribution is 2.41. The van der Waals surface area contributed by atoms with Gasteiger partial charge >= 0.3 is 5.97 Å². The fraction of sp³-hybridized carbons (Fsp3) is 0.308. The Labute approximate surface area is 94.7 Å². The molecule has 1 aliphatic rings. The third-order valence-corrected chi connectivity index (χ3v) is 2.75. The van der Waals surface area contributed by atoms with E-state index >= 15 is 0 Å². The monoisotopic (exact) mass is 218 g/mol. The maximum atomic E-state index is 11.2. The Morgan fingerprint density at radius 3 is 2.81 bits per heavy atom. The molecule has 0 radical (unpaired) electrons. The molecule has 16 heavy (non-hydrogen) atoms. The first-order valence-corrected chi connectivity index (χ1v) is 5.20. The Hall–Kier alpha value is -1.61. The van der Waals surface area contributed by atoms with Crippen LogP contribution in [-0.2, 0) is 14.3 Å². The third-order valence-electron chi connectivity index (χ3n) is 2.75. The highest BCUT2D eigenvalue weighted by atomic mass is 16.5. The van der Waals surface area contributed by atoms with Crippen LogP contribution in [0.25, 0.3) is 0 Å². The molecule has 0 aliphatic carbocycles. The summed E-state index contributed by atoms with van der Waals surface area (Å²) < 4.78 is 10.4. The quantitative estimate of drug-likeness (QED) is 0.577. The van der Waals surface area contributed by atoms with Crippen LogP contribution in [-0.4, -0.2) is 13.1 Å². The van der Waals surface area contributed by atoms with Crippen LogP contribution in [0.3, 0.4) is 0 Å². The Morgan fingerprint density at radius 1 is 1.50 bits per heavy atom. The lowest BCUT2D eigenvalue weighted by molar-refractivity contribution is -0.144. The van der Waals surface area contributed by atoms with E-state index < -0.39 is 0 Å². The predicted octanol–water partition coefficient (Wildman–Crippen LogP) is 2.55. The van der Waals surface area contributed by atoms with Crippen LogP contribution in [0.15, 0.2) is 36.9 Å². The smallest absolute Gasteiger partial charge is 0.308 e. The minimum absolute atomic E-state index is 0.120. The highest BCUT2D eigenvalue weighted by molar-refractivity contribution is 5.70. The summed E-state index contributed by atoms with van der Waals surface area (Å²) in [7, 11) is 1.38. The summed E-state index contributed by atoms with van der Waals surface area (Å²) in [5.41, 5.74) is 2.14. The molecule has 0 fully saturated rings. The number of hydrogen-bond acceptors (Lipinski definition) is 3. The van der Waals surface area contributed by atoms with Crippen molar-refractivity contribution in [2.45, 2.75) is 18.6 Å². The van der Waals surface area contributed by atoms with E-state index in [0.717, 1.165) is 11.1 Å². The van der Waals surface area contributed by atoms with Gasteiger partial charge < -0.3 is 9.47 Å². The lowest BCUT2D eigenvalue weighted by Crippen LogP contribution is -2.07. The minimum Gasteiger partial charge on any atom is -0.469 e. The van der Waals surface area contributed by atoms with Gasteiger partial charge in [-0.1, -0.05) is 30.3 Å². The van der Waals surface area contributed by atoms with Gasteiger partial charge in [0, 0.05) is 0 Å². The molecule has 3 heteroatoms. The van der Waals surface area contributed by atoms with Crippen LogP contribution >= 0.6 is 0 Å². The molecule has 1 aromatic rings. The molecule has 1 aromatic carbocycles. The van der Waals surface area contributed by atoms with Gasteiger partial charge in [-0.3, -0.25) is 4.79 Å². The third kappa shape index (κ3) is 1.86. The zero-order valence-electron chi connectivity index (χ0n) is 9.18. The summed E-state index contributed by atoms with van der Waals surface area (Å²) in [6.07, 6.45) is 1.66. The molecule has 3 nitrogen and oxygen atoms in total. The fourth-order valence-electron chi connectivity index (χ4n) is 1.96. The summed E-state index contributed by atoms with van der Waals surface area (Å²) >= 11 is 0. The summed E-state index contributed by atoms with van der Waals surface area (Å²) in [6.45, 7) is 3.73. The van der Waals surface area contributed by atoms with E-state index in [1.807, 2.05) is 24.3 Å². The van der Waals surface area contributed by atoms with Crippen LogP contribution in [0.4, 0.5) is 0 Å². The zero-order valence-corrected chi connectivity index (χ0v) is 9.18. The van der Waals surface area contributed by atoms with E-state index in [0.29, 0.717) is 0 Å². The summed E-state index contributed by atoms with van der Waals surface area (Å²) in [5, 5.41) is 0. The van der Waals surface area contributed by atoms with Crippen molar-refractivity contribution in [1.82, 2.24) is 0 Å². The van der Waals surface area contributed by atoms with Gasteiger partial charge in [0.2, 0.25) is 0 Å². The van der Waals surface area contributed by atoms with Gasteiger partial charge in [-0.15, -0.1) is 6.58 Å². The number of esters is 1. The number of methoxy groups -OCH3 is 1. The topological polar surface area (TPSA) is 35.5 Å². The van der Waals surface area contributed by atoms with Crippen LogP contribution in [0.5, 0.6) is 0 Å². The predicted molar refractivity (Wildman–Crippen MR) is 59.8 cm³/mol. The molecule has 84 valence electrons. The second-order valence-corrected chi connectivity index (χ2v) is 3.69. The molecule has 1 heterocycles. The number of carbonyl (C=O) groups is 1. The molecule has 1 aliphatic heterocycles. The van der Waals surface area contributed by atoms with Crippen molar-refractivity contribution in [2.24, 2.45) is 0 Å². The zero-order chi connectivity index (χ0) is 11.5. The standard InChI is InChI=1S/C13H14O3/c1-3-11-9-6-4-5-7-10(9)12(16-11)8-13(14)15-2/h3-7,11-12H,1,8H2,2H3/t11-,12?/m1/s1. The first kappa shape index (κ1) is 10.9. The first-order chi connectivity index (χ1) is 7.76. The van der Waals surface area contributed by atoms with Crippen molar-refractivity contribution in [3.05, 3.63) is 48.0 Å². The molecule has 0 amide bonds. The molecule has 2 atom stereocenters. The van der Waals surface area contributed by atoms with Gasteiger partial charge in [-0.25, -0.2) is 0 Å². The Balaban J connectivity index is 2.25. The van der Waals surface area contributed by atoms with E-state index in [1.54, 1.807) is 6.08 Å². The van der Waals surface area contributed by atoms with Crippen LogP contribution in [0.1, 0.15) is 29.8 Å². The van der Waals surface area contributed by atoms with Crippen molar-refractivity contribution in [3.8, 4) is 0 Å². The molecular formula is C13H14O3. The number of carbonyl (C=O) groups excluding carboxylic acids is 1. The second-order valence-electron chi connectivity index (χ2n) is 3.69. The average Bonchev–Trinajstić information content (AvgIpc) is 2.68. The maximum Gasteiger partial charge on any atom is 0.308 e. The number of benzene rings is 1.